The van der Waals surface area contributed by atoms with Gasteiger partial charge in [0, 0.05) is 18.5 Å². The molecular weight excluding hydrogens is 254 g/mol. The quantitative estimate of drug-likeness (QED) is 0.712. The number of hydrogen-bond donors (Lipinski definition) is 1. The Morgan fingerprint density at radius 1 is 1.37 bits per heavy atom. The van der Waals surface area contributed by atoms with Gasteiger partial charge in [-0.15, -0.1) is 11.3 Å². The Labute approximate surface area is 122 Å². The number of hydrogen-bond acceptors (Lipinski definition) is 4. The van der Waals surface area contributed by atoms with E-state index in [0.29, 0.717) is 5.92 Å². The highest BCUT2D eigenvalue weighted by Crippen LogP contribution is 2.12. The molecule has 1 rings (SSSR count). The van der Waals surface area contributed by atoms with Gasteiger partial charge in [0.1, 0.15) is 5.01 Å². The topological polar surface area (TPSA) is 28.2 Å². The third-order valence-corrected chi connectivity index (χ3v) is 3.99. The lowest BCUT2D eigenvalue weighted by atomic mass is 10.2. The van der Waals surface area contributed by atoms with Crippen molar-refractivity contribution >= 4 is 11.3 Å². The second-order valence-electron chi connectivity index (χ2n) is 5.48. The van der Waals surface area contributed by atoms with Crippen molar-refractivity contribution < 1.29 is 0 Å². The third-order valence-electron chi connectivity index (χ3n) is 3.09. The van der Waals surface area contributed by atoms with Crippen LogP contribution < -0.4 is 5.32 Å². The smallest absolute Gasteiger partial charge is 0.107 e. The van der Waals surface area contributed by atoms with Crippen molar-refractivity contribution in [2.24, 2.45) is 5.92 Å². The van der Waals surface area contributed by atoms with Crippen LogP contribution in [0.4, 0.5) is 0 Å². The van der Waals surface area contributed by atoms with Gasteiger partial charge in [0.25, 0.3) is 0 Å². The molecule has 1 heterocycles. The van der Waals surface area contributed by atoms with Gasteiger partial charge in [0.2, 0.25) is 0 Å². The molecule has 0 aromatic carbocycles. The molecule has 0 radical (unpaired) electrons. The molecule has 1 aromatic heterocycles. The first-order chi connectivity index (χ1) is 9.15. The van der Waals surface area contributed by atoms with E-state index >= 15 is 0 Å². The zero-order valence-electron chi connectivity index (χ0n) is 12.9. The van der Waals surface area contributed by atoms with E-state index in [-0.39, 0.29) is 0 Å². The van der Waals surface area contributed by atoms with Gasteiger partial charge in [-0.05, 0) is 32.0 Å². The van der Waals surface area contributed by atoms with E-state index < -0.39 is 0 Å². The van der Waals surface area contributed by atoms with Crippen molar-refractivity contribution in [3.05, 3.63) is 16.1 Å². The van der Waals surface area contributed by atoms with Gasteiger partial charge < -0.3 is 5.32 Å². The molecule has 0 unspecified atom stereocenters. The predicted octanol–water partition coefficient (Wildman–Crippen LogP) is 3.51. The van der Waals surface area contributed by atoms with Crippen LogP contribution >= 0.6 is 11.3 Å². The normalized spacial score (nSPS) is 11.7. The predicted molar refractivity (Wildman–Crippen MR) is 84.5 cm³/mol. The van der Waals surface area contributed by atoms with Gasteiger partial charge in [0.05, 0.1) is 5.69 Å². The Kier molecular flexibility index (Phi) is 8.26. The molecule has 0 saturated carbocycles. The summed E-state index contributed by atoms with van der Waals surface area (Å²) < 4.78 is 0. The maximum Gasteiger partial charge on any atom is 0.107 e. The molecule has 0 aliphatic heterocycles. The van der Waals surface area contributed by atoms with Crippen molar-refractivity contribution in [1.29, 1.82) is 0 Å². The minimum absolute atomic E-state index is 0.698. The maximum absolute atomic E-state index is 4.72. The first-order valence-corrected chi connectivity index (χ1v) is 8.40. The molecule has 0 amide bonds. The van der Waals surface area contributed by atoms with Crippen LogP contribution in [-0.4, -0.2) is 29.5 Å². The highest BCUT2D eigenvalue weighted by molar-refractivity contribution is 7.09. The summed E-state index contributed by atoms with van der Waals surface area (Å²) in [4.78, 5) is 7.19. The van der Waals surface area contributed by atoms with E-state index in [1.54, 1.807) is 11.3 Å². The first kappa shape index (κ1) is 16.6. The van der Waals surface area contributed by atoms with Gasteiger partial charge >= 0.3 is 0 Å². The molecule has 0 aliphatic rings. The highest BCUT2D eigenvalue weighted by atomic mass is 32.1. The summed E-state index contributed by atoms with van der Waals surface area (Å²) >= 11 is 1.78. The van der Waals surface area contributed by atoms with Crippen LogP contribution in [0.5, 0.6) is 0 Å². The fraction of sp³-hybridized carbons (Fsp3) is 0.800. The van der Waals surface area contributed by atoms with Gasteiger partial charge in [0.15, 0.2) is 0 Å². The number of rotatable bonds is 10. The number of nitrogens with zero attached hydrogens (tertiary/aromatic N) is 2. The summed E-state index contributed by atoms with van der Waals surface area (Å²) in [5.74, 6) is 0.698. The largest absolute Gasteiger partial charge is 0.310 e. The van der Waals surface area contributed by atoms with Crippen molar-refractivity contribution in [3.8, 4) is 0 Å². The summed E-state index contributed by atoms with van der Waals surface area (Å²) in [5, 5.41) is 6.87. The average Bonchev–Trinajstić information content (AvgIpc) is 2.81. The van der Waals surface area contributed by atoms with E-state index in [1.165, 1.54) is 30.1 Å². The number of thiazole rings is 1. The Bertz CT molecular complexity index is 336. The fourth-order valence-electron chi connectivity index (χ4n) is 1.93. The second kappa shape index (κ2) is 9.45. The van der Waals surface area contributed by atoms with Crippen LogP contribution in [-0.2, 0) is 13.1 Å². The van der Waals surface area contributed by atoms with Gasteiger partial charge in [-0.1, -0.05) is 34.1 Å². The summed E-state index contributed by atoms with van der Waals surface area (Å²) in [6.07, 6.45) is 2.54. The molecule has 3 nitrogen and oxygen atoms in total. The molecular formula is C15H29N3S. The molecule has 0 spiro atoms. The molecule has 1 aromatic rings. The van der Waals surface area contributed by atoms with Crippen LogP contribution in [0.15, 0.2) is 5.38 Å². The zero-order valence-corrected chi connectivity index (χ0v) is 13.7. The minimum atomic E-state index is 0.698. The molecule has 4 heteroatoms. The molecule has 19 heavy (non-hydrogen) atoms. The Balaban J connectivity index is 2.36. The number of unbranched alkanes of at least 4 members (excludes halogenated alkanes) is 1. The Morgan fingerprint density at radius 2 is 2.16 bits per heavy atom. The lowest BCUT2D eigenvalue weighted by molar-refractivity contribution is 0.272. The maximum atomic E-state index is 4.72. The summed E-state index contributed by atoms with van der Waals surface area (Å²) in [6.45, 7) is 14.2. The van der Waals surface area contributed by atoms with Gasteiger partial charge in [-0.2, -0.15) is 0 Å². The van der Waals surface area contributed by atoms with Crippen LogP contribution in [0.1, 0.15) is 51.2 Å². The highest BCUT2D eigenvalue weighted by Gasteiger charge is 2.07. The lowest BCUT2D eigenvalue weighted by Crippen LogP contribution is -2.24. The lowest BCUT2D eigenvalue weighted by Gasteiger charge is -2.18. The first-order valence-electron chi connectivity index (χ1n) is 7.52. The molecule has 1 N–H and O–H groups in total. The average molecular weight is 283 g/mol. The molecule has 0 saturated heterocycles. The number of nitrogens with one attached hydrogen (secondary N) is 1. The SMILES string of the molecule is CCCCN(CC)Cc1csc(CNCC(C)C)n1. The van der Waals surface area contributed by atoms with Crippen molar-refractivity contribution in [2.45, 2.75) is 53.6 Å². The Hall–Kier alpha value is -0.450. The summed E-state index contributed by atoms with van der Waals surface area (Å²) in [7, 11) is 0. The third kappa shape index (κ3) is 7.04. The minimum Gasteiger partial charge on any atom is -0.310 e. The van der Waals surface area contributed by atoms with E-state index in [2.05, 4.69) is 43.3 Å². The zero-order chi connectivity index (χ0) is 14.1. The summed E-state index contributed by atoms with van der Waals surface area (Å²) in [6, 6.07) is 0. The van der Waals surface area contributed by atoms with Crippen LogP contribution in [0.3, 0.4) is 0 Å². The van der Waals surface area contributed by atoms with Crippen LogP contribution in [0.2, 0.25) is 0 Å². The number of aromatic nitrogens is 1. The molecule has 0 atom stereocenters. The van der Waals surface area contributed by atoms with Crippen molar-refractivity contribution in [1.82, 2.24) is 15.2 Å². The van der Waals surface area contributed by atoms with Crippen molar-refractivity contribution in [3.63, 3.8) is 0 Å². The Morgan fingerprint density at radius 3 is 2.79 bits per heavy atom. The monoisotopic (exact) mass is 283 g/mol. The molecule has 110 valence electrons. The van der Waals surface area contributed by atoms with E-state index in [9.17, 15) is 0 Å². The van der Waals surface area contributed by atoms with Gasteiger partial charge in [-0.3, -0.25) is 4.90 Å². The van der Waals surface area contributed by atoms with E-state index in [0.717, 1.165) is 26.2 Å². The van der Waals surface area contributed by atoms with E-state index in [4.69, 9.17) is 4.98 Å². The molecule has 0 aliphatic carbocycles. The van der Waals surface area contributed by atoms with Crippen LogP contribution in [0, 0.1) is 5.92 Å². The molecule has 0 fully saturated rings. The van der Waals surface area contributed by atoms with Gasteiger partial charge in [-0.25, -0.2) is 4.98 Å². The fourth-order valence-corrected chi connectivity index (χ4v) is 2.68. The second-order valence-corrected chi connectivity index (χ2v) is 6.42. The summed E-state index contributed by atoms with van der Waals surface area (Å²) in [5.41, 5.74) is 1.23. The molecule has 0 bridgehead atoms. The van der Waals surface area contributed by atoms with E-state index in [1.807, 2.05) is 0 Å². The van der Waals surface area contributed by atoms with Crippen molar-refractivity contribution in [2.75, 3.05) is 19.6 Å². The van der Waals surface area contributed by atoms with Crippen LogP contribution in [0.25, 0.3) is 0 Å². The standard InChI is InChI=1S/C15H29N3S/c1-5-7-8-18(6-2)11-14-12-19-15(17-14)10-16-9-13(3)4/h12-13,16H,5-11H2,1-4H3.